The van der Waals surface area contributed by atoms with Crippen LogP contribution in [0.25, 0.3) is 22.4 Å². The summed E-state index contributed by atoms with van der Waals surface area (Å²) in [7, 11) is 11.2. The molecule has 0 unspecified atom stereocenters. The molecule has 3 aromatic rings. The van der Waals surface area contributed by atoms with E-state index in [-0.39, 0.29) is 5.95 Å². The van der Waals surface area contributed by atoms with E-state index in [1.807, 2.05) is 65.4 Å². The Morgan fingerprint density at radius 3 is 1.94 bits per heavy atom. The molecule has 1 aromatic carbocycles. The van der Waals surface area contributed by atoms with Crippen LogP contribution in [-0.2, 0) is 0 Å². The first-order valence-corrected chi connectivity index (χ1v) is 10.1. The number of hydrogen-bond acceptors (Lipinski definition) is 7. The summed E-state index contributed by atoms with van der Waals surface area (Å²) in [5.41, 5.74) is 1.96. The van der Waals surface area contributed by atoms with E-state index in [1.54, 1.807) is 34.9 Å². The minimum absolute atomic E-state index is 0.222. The highest BCUT2D eigenvalue weighted by molar-refractivity contribution is 6.33. The van der Waals surface area contributed by atoms with Crippen molar-refractivity contribution in [2.75, 3.05) is 42.3 Å². The molecule has 2 aromatic heterocycles. The van der Waals surface area contributed by atoms with E-state index < -0.39 is 0 Å². The number of nitrogens with zero attached hydrogens (tertiary/aromatic N) is 10. The lowest BCUT2D eigenvalue weighted by Gasteiger charge is -2.11. The lowest BCUT2D eigenvalue weighted by molar-refractivity contribution is 0.642. The predicted octanol–water partition coefficient (Wildman–Crippen LogP) is 3.40. The number of rotatable bonds is 7. The molecule has 0 bridgehead atoms. The van der Waals surface area contributed by atoms with E-state index in [9.17, 15) is 0 Å². The summed E-state index contributed by atoms with van der Waals surface area (Å²) in [5.74, 6) is 0.945. The molecule has 32 heavy (non-hydrogen) atoms. The van der Waals surface area contributed by atoms with Gasteiger partial charge in [0, 0.05) is 47.8 Å². The van der Waals surface area contributed by atoms with Crippen LogP contribution in [0.2, 0.25) is 5.02 Å². The predicted molar refractivity (Wildman–Crippen MR) is 131 cm³/mol. The van der Waals surface area contributed by atoms with Gasteiger partial charge in [0.1, 0.15) is 5.69 Å². The van der Waals surface area contributed by atoms with Crippen molar-refractivity contribution < 1.29 is 0 Å². The van der Waals surface area contributed by atoms with Gasteiger partial charge in [-0.2, -0.15) is 9.97 Å². The van der Waals surface area contributed by atoms with Gasteiger partial charge in [0.2, 0.25) is 0 Å². The van der Waals surface area contributed by atoms with Gasteiger partial charge in [-0.25, -0.2) is 24.9 Å². The molecule has 0 saturated heterocycles. The van der Waals surface area contributed by atoms with E-state index >= 15 is 0 Å². The Morgan fingerprint density at radius 2 is 1.31 bits per heavy atom. The summed E-state index contributed by atoms with van der Waals surface area (Å²) in [5, 5.41) is 0.536. The van der Waals surface area contributed by atoms with Crippen LogP contribution >= 0.6 is 11.6 Å². The Hall–Kier alpha value is -3.66. The highest BCUT2D eigenvalue weighted by Gasteiger charge is 2.17. The normalized spacial score (nSPS) is 11.8. The second kappa shape index (κ2) is 10.1. The first kappa shape index (κ1) is 23.0. The lowest BCUT2D eigenvalue weighted by atomic mass is 10.1. The van der Waals surface area contributed by atoms with Gasteiger partial charge in [-0.05, 0) is 6.07 Å². The van der Waals surface area contributed by atoms with E-state index in [0.717, 1.165) is 0 Å². The summed E-state index contributed by atoms with van der Waals surface area (Å²) < 4.78 is 0. The van der Waals surface area contributed by atoms with Crippen LogP contribution in [0.15, 0.2) is 39.2 Å². The van der Waals surface area contributed by atoms with Crippen LogP contribution in [0.3, 0.4) is 0 Å². The maximum absolute atomic E-state index is 6.46. The zero-order valence-electron chi connectivity index (χ0n) is 18.9. The molecular weight excluding hydrogens is 428 g/mol. The molecule has 10 nitrogen and oxygen atoms in total. The lowest BCUT2D eigenvalue weighted by Crippen LogP contribution is -2.08. The Bertz CT molecular complexity index is 1180. The van der Waals surface area contributed by atoms with Gasteiger partial charge in [0.15, 0.2) is 22.8 Å². The topological polar surface area (TPSA) is 98.4 Å². The monoisotopic (exact) mass is 452 g/mol. The quantitative estimate of drug-likeness (QED) is 0.400. The van der Waals surface area contributed by atoms with Gasteiger partial charge in [-0.1, -0.05) is 29.8 Å². The summed E-state index contributed by atoms with van der Waals surface area (Å²) >= 11 is 6.46. The smallest absolute Gasteiger partial charge is 0.255 e. The molecule has 0 amide bonds. The zero-order chi connectivity index (χ0) is 23.3. The maximum Gasteiger partial charge on any atom is 0.255 e. The van der Waals surface area contributed by atoms with Gasteiger partial charge in [0.25, 0.3) is 5.95 Å². The number of aliphatic imine (C=N–C) groups is 3. The summed E-state index contributed by atoms with van der Waals surface area (Å²) in [6, 6.07) is 7.40. The fourth-order valence-electron chi connectivity index (χ4n) is 2.49. The van der Waals surface area contributed by atoms with Crippen LogP contribution in [0.5, 0.6) is 0 Å². The molecular formula is C21H25ClN10. The minimum atomic E-state index is 0.222. The van der Waals surface area contributed by atoms with Crippen molar-refractivity contribution in [1.29, 1.82) is 0 Å². The first-order valence-electron chi connectivity index (χ1n) is 9.71. The molecule has 0 fully saturated rings. The fourth-order valence-corrected chi connectivity index (χ4v) is 2.72. The van der Waals surface area contributed by atoms with Crippen molar-refractivity contribution >= 4 is 59.4 Å². The average Bonchev–Trinajstić information content (AvgIpc) is 2.74. The van der Waals surface area contributed by atoms with Gasteiger partial charge < -0.3 is 14.7 Å². The number of benzene rings is 1. The molecule has 0 saturated carbocycles. The second-order valence-corrected chi connectivity index (χ2v) is 7.93. The molecule has 0 aliphatic rings. The Labute approximate surface area is 192 Å². The third-order valence-corrected chi connectivity index (χ3v) is 4.17. The van der Waals surface area contributed by atoms with Crippen LogP contribution in [0.1, 0.15) is 0 Å². The third kappa shape index (κ3) is 5.73. The van der Waals surface area contributed by atoms with Crippen molar-refractivity contribution in [2.24, 2.45) is 15.0 Å². The Morgan fingerprint density at radius 1 is 0.719 bits per heavy atom. The van der Waals surface area contributed by atoms with E-state index in [2.05, 4.69) is 29.9 Å². The van der Waals surface area contributed by atoms with Gasteiger partial charge in [0.05, 0.1) is 24.0 Å². The number of fused-ring (bicyclic) bond motifs is 1. The molecule has 166 valence electrons. The van der Waals surface area contributed by atoms with Gasteiger partial charge in [-0.3, -0.25) is 0 Å². The maximum atomic E-state index is 6.46. The molecule has 0 N–H and O–H groups in total. The van der Waals surface area contributed by atoms with E-state index in [4.69, 9.17) is 16.6 Å². The van der Waals surface area contributed by atoms with Crippen molar-refractivity contribution in [3.8, 4) is 11.3 Å². The summed E-state index contributed by atoms with van der Waals surface area (Å²) in [4.78, 5) is 37.0. The standard InChI is InChI=1S/C21H25ClN10/c1-30(2)11-23-18-16(14-9-7-8-10-15(14)22)26-17-19(24-12-31(3)4)28-21(25-13-32(5)6)29-20(17)27-18/h7-13H,1-6H3/b23-11+,24-12+,25-13+. The Balaban J connectivity index is 2.32. The van der Waals surface area contributed by atoms with Crippen molar-refractivity contribution in [1.82, 2.24) is 34.6 Å². The minimum Gasteiger partial charge on any atom is -0.369 e. The second-order valence-electron chi connectivity index (χ2n) is 7.52. The number of aromatic nitrogens is 4. The average molecular weight is 453 g/mol. The molecule has 3 rings (SSSR count). The molecule has 0 atom stereocenters. The first-order chi connectivity index (χ1) is 15.2. The van der Waals surface area contributed by atoms with Crippen LogP contribution in [0.4, 0.5) is 17.6 Å². The molecule has 0 spiro atoms. The third-order valence-electron chi connectivity index (χ3n) is 3.84. The summed E-state index contributed by atoms with van der Waals surface area (Å²) in [6.07, 6.45) is 4.89. The van der Waals surface area contributed by atoms with Crippen molar-refractivity contribution in [3.05, 3.63) is 29.3 Å². The highest BCUT2D eigenvalue weighted by Crippen LogP contribution is 2.35. The number of halogens is 1. The molecule has 0 radical (unpaired) electrons. The van der Waals surface area contributed by atoms with Gasteiger partial charge >= 0.3 is 0 Å². The molecule has 0 aliphatic carbocycles. The van der Waals surface area contributed by atoms with Crippen molar-refractivity contribution in [3.63, 3.8) is 0 Å². The van der Waals surface area contributed by atoms with E-state index in [1.165, 1.54) is 0 Å². The van der Waals surface area contributed by atoms with Crippen LogP contribution in [-0.4, -0.2) is 95.9 Å². The SMILES string of the molecule is CN(C)/C=N/c1nc(/N=C/N(C)C)c2nc(-c3ccccc3Cl)c(/N=C/N(C)C)nc2n1. The van der Waals surface area contributed by atoms with E-state index in [0.29, 0.717) is 39.1 Å². The van der Waals surface area contributed by atoms with Crippen molar-refractivity contribution in [2.45, 2.75) is 0 Å². The van der Waals surface area contributed by atoms with Gasteiger partial charge in [-0.15, -0.1) is 0 Å². The Kier molecular flexibility index (Phi) is 7.26. The number of hydrogen-bond donors (Lipinski definition) is 0. The molecule has 2 heterocycles. The van der Waals surface area contributed by atoms with Crippen LogP contribution < -0.4 is 0 Å². The fraction of sp³-hybridized carbons (Fsp3) is 0.286. The zero-order valence-corrected chi connectivity index (χ0v) is 19.6. The molecule has 11 heteroatoms. The summed E-state index contributed by atoms with van der Waals surface area (Å²) in [6.45, 7) is 0. The molecule has 0 aliphatic heterocycles. The van der Waals surface area contributed by atoms with Crippen LogP contribution in [0, 0.1) is 0 Å². The largest absolute Gasteiger partial charge is 0.369 e. The highest BCUT2D eigenvalue weighted by atomic mass is 35.5.